The second-order valence-corrected chi connectivity index (χ2v) is 4.52. The van der Waals surface area contributed by atoms with E-state index in [0.717, 1.165) is 10.2 Å². The zero-order chi connectivity index (χ0) is 12.7. The number of halogens is 1. The molecular formula is C10H7BrN6O. The number of fused-ring (bicyclic) bond motifs is 1. The summed E-state index contributed by atoms with van der Waals surface area (Å²) in [5, 5.41) is 7.71. The van der Waals surface area contributed by atoms with Gasteiger partial charge in [-0.15, -0.1) is 5.10 Å². The summed E-state index contributed by atoms with van der Waals surface area (Å²) in [5.41, 5.74) is 6.35. The minimum Gasteiger partial charge on any atom is -0.369 e. The smallest absolute Gasteiger partial charge is 0.282 e. The van der Waals surface area contributed by atoms with Crippen LogP contribution in [0, 0.1) is 0 Å². The minimum absolute atomic E-state index is 0.0353. The van der Waals surface area contributed by atoms with Gasteiger partial charge < -0.3 is 5.73 Å². The van der Waals surface area contributed by atoms with Gasteiger partial charge in [-0.2, -0.15) is 9.67 Å². The maximum Gasteiger partial charge on any atom is 0.282 e. The number of nitrogen functional groups attached to an aromatic ring is 1. The van der Waals surface area contributed by atoms with Gasteiger partial charge >= 0.3 is 0 Å². The van der Waals surface area contributed by atoms with Crippen molar-refractivity contribution >= 4 is 33.0 Å². The number of H-pyrrole nitrogens is 1. The van der Waals surface area contributed by atoms with E-state index in [9.17, 15) is 4.79 Å². The Bertz CT molecular complexity index is 775. The number of benzene rings is 1. The summed E-state index contributed by atoms with van der Waals surface area (Å²) in [4.78, 5) is 18.0. The predicted molar refractivity (Wildman–Crippen MR) is 69.4 cm³/mol. The number of anilines is 1. The first-order chi connectivity index (χ1) is 8.65. The van der Waals surface area contributed by atoms with Crippen molar-refractivity contribution in [2.24, 2.45) is 0 Å². The number of aromatic amines is 1. The monoisotopic (exact) mass is 306 g/mol. The number of nitrogens with zero attached hydrogens (tertiary/aromatic N) is 4. The highest BCUT2D eigenvalue weighted by atomic mass is 79.9. The topological polar surface area (TPSA) is 102 Å². The third kappa shape index (κ3) is 1.66. The van der Waals surface area contributed by atoms with Gasteiger partial charge in [0.1, 0.15) is 0 Å². The standard InChI is InChI=1S/C10H7BrN6O/c11-5-1-3-6(4-2-5)17-8-7(15-16-17)9(18)14-10(12)13-8/h1-4H,(H3,12,13,14,18). The van der Waals surface area contributed by atoms with Crippen molar-refractivity contribution in [3.05, 3.63) is 39.1 Å². The van der Waals surface area contributed by atoms with Crippen molar-refractivity contribution in [1.29, 1.82) is 0 Å². The molecule has 0 saturated carbocycles. The summed E-state index contributed by atoms with van der Waals surface area (Å²) in [6.45, 7) is 0. The molecule has 1 aromatic carbocycles. The number of hydrogen-bond donors (Lipinski definition) is 2. The molecule has 3 rings (SSSR count). The lowest BCUT2D eigenvalue weighted by Gasteiger charge is -2.01. The van der Waals surface area contributed by atoms with Gasteiger partial charge in [0, 0.05) is 4.47 Å². The van der Waals surface area contributed by atoms with E-state index in [4.69, 9.17) is 5.73 Å². The molecule has 0 saturated heterocycles. The maximum atomic E-state index is 11.6. The molecule has 3 N–H and O–H groups in total. The van der Waals surface area contributed by atoms with Crippen LogP contribution in [-0.2, 0) is 0 Å². The van der Waals surface area contributed by atoms with Crippen molar-refractivity contribution in [2.75, 3.05) is 5.73 Å². The summed E-state index contributed by atoms with van der Waals surface area (Å²) >= 11 is 3.35. The quantitative estimate of drug-likeness (QED) is 0.694. The first kappa shape index (κ1) is 10.9. The highest BCUT2D eigenvalue weighted by molar-refractivity contribution is 9.10. The summed E-state index contributed by atoms with van der Waals surface area (Å²) in [6.07, 6.45) is 0. The van der Waals surface area contributed by atoms with Crippen LogP contribution in [0.1, 0.15) is 0 Å². The molecule has 0 amide bonds. The van der Waals surface area contributed by atoms with Gasteiger partial charge in [0.2, 0.25) is 5.95 Å². The number of nitrogens with one attached hydrogen (secondary N) is 1. The van der Waals surface area contributed by atoms with E-state index >= 15 is 0 Å². The van der Waals surface area contributed by atoms with Crippen LogP contribution in [-0.4, -0.2) is 25.0 Å². The van der Waals surface area contributed by atoms with Gasteiger partial charge in [-0.05, 0) is 24.3 Å². The normalized spacial score (nSPS) is 10.9. The molecular weight excluding hydrogens is 300 g/mol. The molecule has 0 unspecified atom stereocenters. The van der Waals surface area contributed by atoms with Crippen molar-refractivity contribution in [1.82, 2.24) is 25.0 Å². The Morgan fingerprint density at radius 1 is 1.28 bits per heavy atom. The Morgan fingerprint density at radius 3 is 2.72 bits per heavy atom. The highest BCUT2D eigenvalue weighted by Crippen LogP contribution is 2.16. The highest BCUT2D eigenvalue weighted by Gasteiger charge is 2.11. The molecule has 0 aliphatic carbocycles. The molecule has 8 heteroatoms. The Labute approximate surface area is 109 Å². The Kier molecular flexibility index (Phi) is 2.37. The second-order valence-electron chi connectivity index (χ2n) is 3.60. The summed E-state index contributed by atoms with van der Waals surface area (Å²) in [6, 6.07) is 7.38. The Hall–Kier alpha value is -2.22. The lowest BCUT2D eigenvalue weighted by atomic mass is 10.3. The van der Waals surface area contributed by atoms with Gasteiger partial charge in [0.15, 0.2) is 11.2 Å². The molecule has 0 aliphatic rings. The van der Waals surface area contributed by atoms with Gasteiger partial charge in [0.05, 0.1) is 5.69 Å². The van der Waals surface area contributed by atoms with E-state index in [2.05, 4.69) is 36.2 Å². The van der Waals surface area contributed by atoms with Crippen LogP contribution in [0.3, 0.4) is 0 Å². The molecule has 0 fully saturated rings. The fourth-order valence-electron chi connectivity index (χ4n) is 1.60. The van der Waals surface area contributed by atoms with E-state index in [1.54, 1.807) is 0 Å². The second kappa shape index (κ2) is 3.91. The molecule has 0 atom stereocenters. The Balaban J connectivity index is 2.30. The molecule has 2 aromatic heterocycles. The first-order valence-corrected chi connectivity index (χ1v) is 5.81. The summed E-state index contributed by atoms with van der Waals surface area (Å²) in [5.74, 6) is 0.0353. The first-order valence-electron chi connectivity index (χ1n) is 5.02. The lowest BCUT2D eigenvalue weighted by molar-refractivity contribution is 0.817. The number of hydrogen-bond acceptors (Lipinski definition) is 5. The van der Waals surface area contributed by atoms with Crippen LogP contribution in [0.15, 0.2) is 33.5 Å². The van der Waals surface area contributed by atoms with Gasteiger partial charge in [-0.25, -0.2) is 0 Å². The molecule has 0 spiro atoms. The van der Waals surface area contributed by atoms with Gasteiger partial charge in [-0.3, -0.25) is 9.78 Å². The molecule has 18 heavy (non-hydrogen) atoms. The van der Waals surface area contributed by atoms with Gasteiger partial charge in [-0.1, -0.05) is 21.1 Å². The third-order valence-corrected chi connectivity index (χ3v) is 2.93. The van der Waals surface area contributed by atoms with E-state index in [0.29, 0.717) is 5.65 Å². The average molecular weight is 307 g/mol. The van der Waals surface area contributed by atoms with E-state index in [-0.39, 0.29) is 11.5 Å². The molecule has 0 aliphatic heterocycles. The fraction of sp³-hybridized carbons (Fsp3) is 0. The Morgan fingerprint density at radius 2 is 2.00 bits per heavy atom. The van der Waals surface area contributed by atoms with Crippen LogP contribution < -0.4 is 11.3 Å². The minimum atomic E-state index is -0.402. The van der Waals surface area contributed by atoms with Crippen LogP contribution in [0.5, 0.6) is 0 Å². The molecule has 3 aromatic rings. The van der Waals surface area contributed by atoms with Crippen LogP contribution in [0.2, 0.25) is 0 Å². The number of rotatable bonds is 1. The molecule has 0 radical (unpaired) electrons. The molecule has 90 valence electrons. The van der Waals surface area contributed by atoms with Crippen molar-refractivity contribution in [2.45, 2.75) is 0 Å². The molecule has 2 heterocycles. The average Bonchev–Trinajstić information content (AvgIpc) is 2.74. The van der Waals surface area contributed by atoms with E-state index in [1.165, 1.54) is 4.68 Å². The van der Waals surface area contributed by atoms with Crippen molar-refractivity contribution < 1.29 is 0 Å². The van der Waals surface area contributed by atoms with E-state index < -0.39 is 5.56 Å². The van der Waals surface area contributed by atoms with Crippen LogP contribution in [0.4, 0.5) is 5.95 Å². The largest absolute Gasteiger partial charge is 0.369 e. The summed E-state index contributed by atoms with van der Waals surface area (Å²) in [7, 11) is 0. The van der Waals surface area contributed by atoms with Gasteiger partial charge in [0.25, 0.3) is 5.56 Å². The zero-order valence-corrected chi connectivity index (χ0v) is 10.5. The molecule has 0 bridgehead atoms. The van der Waals surface area contributed by atoms with E-state index in [1.807, 2.05) is 24.3 Å². The van der Waals surface area contributed by atoms with Crippen LogP contribution >= 0.6 is 15.9 Å². The molecule has 7 nitrogen and oxygen atoms in total. The SMILES string of the molecule is Nc1nc2c(nnn2-c2ccc(Br)cc2)c(=O)[nH]1. The lowest BCUT2D eigenvalue weighted by Crippen LogP contribution is -2.12. The van der Waals surface area contributed by atoms with Crippen molar-refractivity contribution in [3.63, 3.8) is 0 Å². The third-order valence-electron chi connectivity index (χ3n) is 2.40. The number of aromatic nitrogens is 5. The maximum absolute atomic E-state index is 11.6. The summed E-state index contributed by atoms with van der Waals surface area (Å²) < 4.78 is 2.41. The van der Waals surface area contributed by atoms with Crippen molar-refractivity contribution in [3.8, 4) is 5.69 Å². The predicted octanol–water partition coefficient (Wildman–Crippen LogP) is 0.848. The van der Waals surface area contributed by atoms with Crippen LogP contribution in [0.25, 0.3) is 16.9 Å². The fourth-order valence-corrected chi connectivity index (χ4v) is 1.86. The number of nitrogens with two attached hydrogens (primary N) is 1. The zero-order valence-electron chi connectivity index (χ0n) is 8.96.